The molecule has 0 amide bonds. The van der Waals surface area contributed by atoms with Crippen LogP contribution in [-0.4, -0.2) is 22.2 Å². The molecule has 0 aliphatic carbocycles. The third-order valence-corrected chi connectivity index (χ3v) is 4.60. The maximum absolute atomic E-state index is 12.1. The first kappa shape index (κ1) is 22.8. The zero-order valence-corrected chi connectivity index (χ0v) is 17.4. The molecule has 2 aromatic carbocycles. The van der Waals surface area contributed by atoms with Crippen molar-refractivity contribution in [2.24, 2.45) is 0 Å². The SMILES string of the molecule is CCCCC#Cc1cccc(-c2cccc(C#CCCCC)c2C(=O)O)c1C(=O)O. The summed E-state index contributed by atoms with van der Waals surface area (Å²) in [7, 11) is 0. The Balaban J connectivity index is 2.65. The molecule has 0 spiro atoms. The second-order valence-corrected chi connectivity index (χ2v) is 6.88. The van der Waals surface area contributed by atoms with E-state index in [2.05, 4.69) is 37.5 Å². The summed E-state index contributed by atoms with van der Waals surface area (Å²) in [5.41, 5.74) is 1.46. The molecular weight excluding hydrogens is 376 g/mol. The number of hydrogen-bond acceptors (Lipinski definition) is 2. The van der Waals surface area contributed by atoms with Gasteiger partial charge in [-0.25, -0.2) is 9.59 Å². The smallest absolute Gasteiger partial charge is 0.337 e. The number of carboxylic acid groups (broad SMARTS) is 2. The monoisotopic (exact) mass is 402 g/mol. The van der Waals surface area contributed by atoms with E-state index in [9.17, 15) is 19.8 Å². The molecule has 0 aliphatic heterocycles. The first-order valence-corrected chi connectivity index (χ1v) is 10.2. The molecule has 2 aromatic rings. The number of carboxylic acids is 2. The highest BCUT2D eigenvalue weighted by Gasteiger charge is 2.22. The average Bonchev–Trinajstić information content (AvgIpc) is 2.73. The number of carbonyl (C=O) groups is 2. The Morgan fingerprint density at radius 3 is 1.47 bits per heavy atom. The minimum Gasteiger partial charge on any atom is -0.478 e. The standard InChI is InChI=1S/C26H26O4/c1-3-5-7-9-13-19-15-11-17-21(23(19)25(27)28)22-18-12-16-20(24(22)26(29)30)14-10-8-6-4-2/h11-12,15-18H,3-8H2,1-2H3,(H,27,28)(H,29,30). The van der Waals surface area contributed by atoms with Gasteiger partial charge in [0.25, 0.3) is 0 Å². The topological polar surface area (TPSA) is 74.6 Å². The molecule has 0 aromatic heterocycles. The maximum atomic E-state index is 12.1. The lowest BCUT2D eigenvalue weighted by Crippen LogP contribution is -2.08. The van der Waals surface area contributed by atoms with Crippen LogP contribution in [0.2, 0.25) is 0 Å². The second kappa shape index (κ2) is 11.5. The summed E-state index contributed by atoms with van der Waals surface area (Å²) >= 11 is 0. The molecule has 154 valence electrons. The van der Waals surface area contributed by atoms with Crippen LogP contribution in [0.1, 0.15) is 84.2 Å². The summed E-state index contributed by atoms with van der Waals surface area (Å²) in [6, 6.07) is 9.96. The molecule has 0 unspecified atom stereocenters. The van der Waals surface area contributed by atoms with Gasteiger partial charge in [-0.2, -0.15) is 0 Å². The molecule has 0 saturated heterocycles. The highest BCUT2D eigenvalue weighted by Crippen LogP contribution is 2.31. The van der Waals surface area contributed by atoms with Crippen LogP contribution < -0.4 is 0 Å². The lowest BCUT2D eigenvalue weighted by molar-refractivity contribution is 0.0684. The Morgan fingerprint density at radius 2 is 1.13 bits per heavy atom. The number of hydrogen-bond donors (Lipinski definition) is 2. The van der Waals surface area contributed by atoms with Crippen LogP contribution in [0.4, 0.5) is 0 Å². The number of aromatic carboxylic acids is 2. The van der Waals surface area contributed by atoms with Crippen LogP contribution in [0.15, 0.2) is 36.4 Å². The molecule has 2 rings (SSSR count). The molecule has 2 N–H and O–H groups in total. The molecule has 4 nitrogen and oxygen atoms in total. The third kappa shape index (κ3) is 5.75. The van der Waals surface area contributed by atoms with Gasteiger partial charge < -0.3 is 10.2 Å². The number of rotatable bonds is 7. The van der Waals surface area contributed by atoms with Crippen LogP contribution in [0, 0.1) is 23.7 Å². The van der Waals surface area contributed by atoms with Crippen LogP contribution in [0.25, 0.3) is 11.1 Å². The molecule has 0 saturated carbocycles. The Bertz CT molecular complexity index is 957. The van der Waals surface area contributed by atoms with Gasteiger partial charge in [0.05, 0.1) is 11.1 Å². The van der Waals surface area contributed by atoms with E-state index in [1.807, 2.05) is 0 Å². The van der Waals surface area contributed by atoms with Crippen molar-refractivity contribution in [3.63, 3.8) is 0 Å². The minimum absolute atomic E-state index is 0.0140. The van der Waals surface area contributed by atoms with Gasteiger partial charge in [-0.1, -0.05) is 74.6 Å². The van der Waals surface area contributed by atoms with Crippen molar-refractivity contribution in [3.8, 4) is 34.8 Å². The molecule has 0 fully saturated rings. The summed E-state index contributed by atoms with van der Waals surface area (Å²) < 4.78 is 0. The predicted molar refractivity (Wildman–Crippen MR) is 119 cm³/mol. The van der Waals surface area contributed by atoms with E-state index in [-0.39, 0.29) is 11.1 Å². The quantitative estimate of drug-likeness (QED) is 0.451. The fourth-order valence-corrected chi connectivity index (χ4v) is 3.07. The summed E-state index contributed by atoms with van der Waals surface area (Å²) in [6.45, 7) is 4.13. The number of benzene rings is 2. The molecular formula is C26H26O4. The second-order valence-electron chi connectivity index (χ2n) is 6.88. The molecule has 0 aliphatic rings. The van der Waals surface area contributed by atoms with Gasteiger partial charge in [-0.3, -0.25) is 0 Å². The van der Waals surface area contributed by atoms with Crippen LogP contribution in [-0.2, 0) is 0 Å². The Hall–Kier alpha value is -3.50. The van der Waals surface area contributed by atoms with Crippen LogP contribution >= 0.6 is 0 Å². The first-order valence-electron chi connectivity index (χ1n) is 10.2. The van der Waals surface area contributed by atoms with E-state index < -0.39 is 11.9 Å². The third-order valence-electron chi connectivity index (χ3n) is 4.60. The fraction of sp³-hybridized carbons (Fsp3) is 0.308. The van der Waals surface area contributed by atoms with Crippen molar-refractivity contribution < 1.29 is 19.8 Å². The van der Waals surface area contributed by atoms with Crippen molar-refractivity contribution in [3.05, 3.63) is 58.7 Å². The van der Waals surface area contributed by atoms with E-state index in [1.54, 1.807) is 36.4 Å². The van der Waals surface area contributed by atoms with E-state index in [4.69, 9.17) is 0 Å². The Kier molecular flexibility index (Phi) is 8.73. The van der Waals surface area contributed by atoms with Crippen LogP contribution in [0.5, 0.6) is 0 Å². The molecule has 4 heteroatoms. The molecule has 0 atom stereocenters. The minimum atomic E-state index is -1.14. The molecule has 0 radical (unpaired) electrons. The van der Waals surface area contributed by atoms with E-state index >= 15 is 0 Å². The van der Waals surface area contributed by atoms with Gasteiger partial charge in [-0.15, -0.1) is 0 Å². The summed E-state index contributed by atoms with van der Waals surface area (Å²) in [5.74, 6) is 9.64. The van der Waals surface area contributed by atoms with E-state index in [1.165, 1.54) is 0 Å². The van der Waals surface area contributed by atoms with Crippen molar-refractivity contribution >= 4 is 11.9 Å². The lowest BCUT2D eigenvalue weighted by atomic mass is 9.90. The maximum Gasteiger partial charge on any atom is 0.337 e. The number of unbranched alkanes of at least 4 members (excludes halogenated alkanes) is 4. The molecule has 0 heterocycles. The molecule has 30 heavy (non-hydrogen) atoms. The van der Waals surface area contributed by atoms with Gasteiger partial charge >= 0.3 is 11.9 Å². The highest BCUT2D eigenvalue weighted by atomic mass is 16.4. The summed E-state index contributed by atoms with van der Waals surface area (Å²) in [6.07, 6.45) is 5.27. The van der Waals surface area contributed by atoms with E-state index in [0.717, 1.165) is 25.7 Å². The zero-order chi connectivity index (χ0) is 21.9. The predicted octanol–water partition coefficient (Wildman–Crippen LogP) is 5.83. The van der Waals surface area contributed by atoms with Gasteiger partial charge in [0, 0.05) is 24.0 Å². The fourth-order valence-electron chi connectivity index (χ4n) is 3.07. The summed E-state index contributed by atoms with van der Waals surface area (Å²) in [4.78, 5) is 24.1. The van der Waals surface area contributed by atoms with Gasteiger partial charge in [0.15, 0.2) is 0 Å². The van der Waals surface area contributed by atoms with Crippen molar-refractivity contribution in [1.82, 2.24) is 0 Å². The van der Waals surface area contributed by atoms with Crippen LogP contribution in [0.3, 0.4) is 0 Å². The van der Waals surface area contributed by atoms with Crippen molar-refractivity contribution in [1.29, 1.82) is 0 Å². The normalized spacial score (nSPS) is 9.80. The first-order chi connectivity index (χ1) is 14.5. The Labute approximate surface area is 178 Å². The Morgan fingerprint density at radius 1 is 0.733 bits per heavy atom. The van der Waals surface area contributed by atoms with Gasteiger partial charge in [-0.05, 0) is 36.1 Å². The zero-order valence-electron chi connectivity index (χ0n) is 17.4. The van der Waals surface area contributed by atoms with E-state index in [0.29, 0.717) is 35.1 Å². The molecule has 0 bridgehead atoms. The van der Waals surface area contributed by atoms with Gasteiger partial charge in [0.1, 0.15) is 0 Å². The highest BCUT2D eigenvalue weighted by molar-refractivity contribution is 6.04. The van der Waals surface area contributed by atoms with Crippen molar-refractivity contribution in [2.75, 3.05) is 0 Å². The van der Waals surface area contributed by atoms with Crippen molar-refractivity contribution in [2.45, 2.75) is 52.4 Å². The van der Waals surface area contributed by atoms with Gasteiger partial charge in [0.2, 0.25) is 0 Å². The lowest BCUT2D eigenvalue weighted by Gasteiger charge is -2.12. The average molecular weight is 402 g/mol. The summed E-state index contributed by atoms with van der Waals surface area (Å²) in [5, 5.41) is 19.7. The largest absolute Gasteiger partial charge is 0.478 e.